The van der Waals surface area contributed by atoms with Gasteiger partial charge in [0.15, 0.2) is 0 Å². The average Bonchev–Trinajstić information content (AvgIpc) is 1.92. The molecule has 0 spiro atoms. The van der Waals surface area contributed by atoms with Crippen molar-refractivity contribution < 1.29 is 13.9 Å². The Balaban J connectivity index is 2.66. The van der Waals surface area contributed by atoms with E-state index in [0.29, 0.717) is 6.54 Å². The Morgan fingerprint density at radius 3 is 2.31 bits per heavy atom. The standard InChI is InChI=1S/C9H17F2NO/c1-8(2,3)12-5-4-7(13)9(10,11)6-12/h7,13H,4-6H2,1-3H3. The molecule has 0 radical (unpaired) electrons. The SMILES string of the molecule is CC(C)(C)N1CCC(O)C(F)(F)C1. The number of rotatable bonds is 0. The van der Waals surface area contributed by atoms with Crippen LogP contribution in [-0.4, -0.2) is 40.7 Å². The van der Waals surface area contributed by atoms with Crippen LogP contribution in [0.25, 0.3) is 0 Å². The highest BCUT2D eigenvalue weighted by atomic mass is 19.3. The molecule has 0 aromatic rings. The third-order valence-corrected chi connectivity index (χ3v) is 2.51. The number of aliphatic hydroxyl groups excluding tert-OH is 1. The minimum atomic E-state index is -2.95. The van der Waals surface area contributed by atoms with Gasteiger partial charge in [-0.15, -0.1) is 0 Å². The summed E-state index contributed by atoms with van der Waals surface area (Å²) in [5.41, 5.74) is -0.246. The van der Waals surface area contributed by atoms with Crippen molar-refractivity contribution in [3.8, 4) is 0 Å². The van der Waals surface area contributed by atoms with E-state index >= 15 is 0 Å². The van der Waals surface area contributed by atoms with Crippen molar-refractivity contribution in [2.24, 2.45) is 0 Å². The Labute approximate surface area is 77.5 Å². The van der Waals surface area contributed by atoms with Crippen molar-refractivity contribution in [2.75, 3.05) is 13.1 Å². The van der Waals surface area contributed by atoms with E-state index in [2.05, 4.69) is 0 Å². The topological polar surface area (TPSA) is 23.5 Å². The lowest BCUT2D eigenvalue weighted by Gasteiger charge is -2.43. The first-order valence-corrected chi connectivity index (χ1v) is 4.54. The van der Waals surface area contributed by atoms with Crippen LogP contribution in [0.2, 0.25) is 0 Å². The molecule has 1 unspecified atom stereocenters. The lowest BCUT2D eigenvalue weighted by molar-refractivity contribution is -0.162. The van der Waals surface area contributed by atoms with Gasteiger partial charge in [-0.25, -0.2) is 8.78 Å². The van der Waals surface area contributed by atoms with E-state index < -0.39 is 12.0 Å². The van der Waals surface area contributed by atoms with Crippen molar-refractivity contribution in [3.63, 3.8) is 0 Å². The van der Waals surface area contributed by atoms with Crippen molar-refractivity contribution in [3.05, 3.63) is 0 Å². The van der Waals surface area contributed by atoms with Crippen LogP contribution in [0.15, 0.2) is 0 Å². The molecule has 1 atom stereocenters. The second kappa shape index (κ2) is 3.17. The van der Waals surface area contributed by atoms with E-state index in [1.165, 1.54) is 0 Å². The Hall–Kier alpha value is -0.220. The Bertz CT molecular complexity index is 189. The monoisotopic (exact) mass is 193 g/mol. The van der Waals surface area contributed by atoms with Gasteiger partial charge in [-0.1, -0.05) is 0 Å². The normalized spacial score (nSPS) is 30.5. The smallest absolute Gasteiger partial charge is 0.285 e. The first kappa shape index (κ1) is 10.9. The molecular weight excluding hydrogens is 176 g/mol. The third-order valence-electron chi connectivity index (χ3n) is 2.51. The summed E-state index contributed by atoms with van der Waals surface area (Å²) in [6.45, 7) is 5.92. The van der Waals surface area contributed by atoms with Crippen LogP contribution < -0.4 is 0 Å². The van der Waals surface area contributed by atoms with Crippen LogP contribution in [0.4, 0.5) is 8.78 Å². The Morgan fingerprint density at radius 2 is 1.92 bits per heavy atom. The van der Waals surface area contributed by atoms with Gasteiger partial charge in [-0.2, -0.15) is 0 Å². The molecular formula is C9H17F2NO. The zero-order chi connectivity index (χ0) is 10.3. The maximum absolute atomic E-state index is 13.1. The first-order valence-electron chi connectivity index (χ1n) is 4.54. The number of halogens is 2. The Morgan fingerprint density at radius 1 is 1.38 bits per heavy atom. The fourth-order valence-corrected chi connectivity index (χ4v) is 1.50. The summed E-state index contributed by atoms with van der Waals surface area (Å²) in [6, 6.07) is 0. The van der Waals surface area contributed by atoms with Gasteiger partial charge >= 0.3 is 0 Å². The van der Waals surface area contributed by atoms with Crippen molar-refractivity contribution >= 4 is 0 Å². The fourth-order valence-electron chi connectivity index (χ4n) is 1.50. The van der Waals surface area contributed by atoms with Crippen molar-refractivity contribution in [2.45, 2.75) is 44.8 Å². The lowest BCUT2D eigenvalue weighted by Crippen LogP contribution is -2.57. The zero-order valence-corrected chi connectivity index (χ0v) is 8.35. The highest BCUT2D eigenvalue weighted by Gasteiger charge is 2.45. The van der Waals surface area contributed by atoms with Gasteiger partial charge in [0.05, 0.1) is 6.54 Å². The molecule has 0 amide bonds. The van der Waals surface area contributed by atoms with E-state index in [1.54, 1.807) is 4.90 Å². The third kappa shape index (κ3) is 2.38. The molecule has 1 aliphatic rings. The summed E-state index contributed by atoms with van der Waals surface area (Å²) in [4.78, 5) is 1.71. The number of aliphatic hydroxyl groups is 1. The summed E-state index contributed by atoms with van der Waals surface area (Å²) >= 11 is 0. The minimum absolute atomic E-state index is 0.157. The molecule has 13 heavy (non-hydrogen) atoms. The van der Waals surface area contributed by atoms with E-state index in [1.807, 2.05) is 20.8 Å². The number of nitrogens with zero attached hydrogens (tertiary/aromatic N) is 1. The van der Waals surface area contributed by atoms with Crippen LogP contribution in [0.5, 0.6) is 0 Å². The molecule has 1 heterocycles. The molecule has 0 bridgehead atoms. The summed E-state index contributed by atoms with van der Waals surface area (Å²) in [5.74, 6) is -2.95. The molecule has 1 aliphatic heterocycles. The molecule has 1 saturated heterocycles. The number of likely N-dealkylation sites (tertiary alicyclic amines) is 1. The second-order valence-corrected chi connectivity index (χ2v) is 4.66. The van der Waals surface area contributed by atoms with Gasteiger partial charge in [-0.3, -0.25) is 4.90 Å². The van der Waals surface area contributed by atoms with Crippen molar-refractivity contribution in [1.29, 1.82) is 0 Å². The molecule has 1 N–H and O–H groups in total. The van der Waals surface area contributed by atoms with E-state index in [0.717, 1.165) is 0 Å². The number of hydrogen-bond acceptors (Lipinski definition) is 2. The van der Waals surface area contributed by atoms with E-state index in [4.69, 9.17) is 5.11 Å². The van der Waals surface area contributed by atoms with Crippen LogP contribution in [0.1, 0.15) is 27.2 Å². The minimum Gasteiger partial charge on any atom is -0.387 e. The molecule has 1 fully saturated rings. The van der Waals surface area contributed by atoms with E-state index in [9.17, 15) is 8.78 Å². The first-order chi connectivity index (χ1) is 5.73. The van der Waals surface area contributed by atoms with Crippen LogP contribution >= 0.6 is 0 Å². The molecule has 1 rings (SSSR count). The number of piperidine rings is 1. The quantitative estimate of drug-likeness (QED) is 0.630. The van der Waals surface area contributed by atoms with Gasteiger partial charge in [0.1, 0.15) is 6.10 Å². The highest BCUT2D eigenvalue weighted by molar-refractivity contribution is 4.91. The van der Waals surface area contributed by atoms with Crippen LogP contribution in [0, 0.1) is 0 Å². The fraction of sp³-hybridized carbons (Fsp3) is 1.00. The van der Waals surface area contributed by atoms with Gasteiger partial charge in [0.25, 0.3) is 5.92 Å². The molecule has 78 valence electrons. The number of hydrogen-bond donors (Lipinski definition) is 1. The molecule has 0 aromatic carbocycles. The molecule has 0 aliphatic carbocycles. The van der Waals surface area contributed by atoms with Gasteiger partial charge in [0.2, 0.25) is 0 Å². The summed E-state index contributed by atoms with van der Waals surface area (Å²) in [5, 5.41) is 9.04. The molecule has 0 saturated carbocycles. The summed E-state index contributed by atoms with van der Waals surface area (Å²) < 4.78 is 26.2. The maximum atomic E-state index is 13.1. The summed E-state index contributed by atoms with van der Waals surface area (Å²) in [7, 11) is 0. The van der Waals surface area contributed by atoms with Gasteiger partial charge < -0.3 is 5.11 Å². The molecule has 4 heteroatoms. The number of alkyl halides is 2. The van der Waals surface area contributed by atoms with E-state index in [-0.39, 0.29) is 18.5 Å². The van der Waals surface area contributed by atoms with Crippen molar-refractivity contribution in [1.82, 2.24) is 4.90 Å². The van der Waals surface area contributed by atoms with Crippen LogP contribution in [0.3, 0.4) is 0 Å². The average molecular weight is 193 g/mol. The predicted molar refractivity (Wildman–Crippen MR) is 46.9 cm³/mol. The molecule has 0 aromatic heterocycles. The second-order valence-electron chi connectivity index (χ2n) is 4.66. The predicted octanol–water partition coefficient (Wildman–Crippen LogP) is 1.49. The lowest BCUT2D eigenvalue weighted by atomic mass is 9.97. The molecule has 2 nitrogen and oxygen atoms in total. The Kier molecular flexibility index (Phi) is 2.65. The highest BCUT2D eigenvalue weighted by Crippen LogP contribution is 2.30. The maximum Gasteiger partial charge on any atom is 0.285 e. The zero-order valence-electron chi connectivity index (χ0n) is 8.35. The van der Waals surface area contributed by atoms with Gasteiger partial charge in [-0.05, 0) is 27.2 Å². The summed E-state index contributed by atoms with van der Waals surface area (Å²) in [6.07, 6.45) is -1.31. The van der Waals surface area contributed by atoms with Crippen LogP contribution in [-0.2, 0) is 0 Å². The largest absolute Gasteiger partial charge is 0.387 e. The van der Waals surface area contributed by atoms with Gasteiger partial charge in [0, 0.05) is 12.1 Å².